The van der Waals surface area contributed by atoms with Crippen molar-refractivity contribution in [3.63, 3.8) is 0 Å². The van der Waals surface area contributed by atoms with Crippen molar-refractivity contribution in [2.45, 2.75) is 0 Å². The minimum atomic E-state index is 0.539. The second kappa shape index (κ2) is 5.76. The molecule has 0 fully saturated rings. The Labute approximate surface area is 104 Å². The Bertz CT molecular complexity index is 508. The van der Waals surface area contributed by atoms with E-state index in [9.17, 15) is 0 Å². The highest BCUT2D eigenvalue weighted by molar-refractivity contribution is 5.54. The van der Waals surface area contributed by atoms with Crippen LogP contribution in [0.1, 0.15) is 0 Å². The smallest absolute Gasteiger partial charge is 0.0878 e. The standard InChI is InChI=1S/C12H12N4O2/c17-15-11-5-1-3-9(7-11)13-14-10-4-2-6-12(8-10)16-18/h1-8,15-18H/b14-13+. The topological polar surface area (TPSA) is 89.2 Å². The van der Waals surface area contributed by atoms with Gasteiger partial charge in [-0.3, -0.25) is 21.4 Å². The number of azo groups is 1. The molecule has 0 aliphatic carbocycles. The van der Waals surface area contributed by atoms with Crippen LogP contribution in [-0.4, -0.2) is 10.4 Å². The Kier molecular flexibility index (Phi) is 3.85. The van der Waals surface area contributed by atoms with Crippen molar-refractivity contribution < 1.29 is 10.4 Å². The van der Waals surface area contributed by atoms with E-state index in [-0.39, 0.29) is 0 Å². The zero-order chi connectivity index (χ0) is 12.8. The van der Waals surface area contributed by atoms with E-state index in [4.69, 9.17) is 10.4 Å². The largest absolute Gasteiger partial charge is 0.291 e. The summed E-state index contributed by atoms with van der Waals surface area (Å²) in [5.41, 5.74) is 6.37. The van der Waals surface area contributed by atoms with Gasteiger partial charge < -0.3 is 0 Å². The summed E-state index contributed by atoms with van der Waals surface area (Å²) < 4.78 is 0. The fourth-order valence-electron chi connectivity index (χ4n) is 1.39. The molecule has 0 unspecified atom stereocenters. The molecule has 0 aliphatic rings. The van der Waals surface area contributed by atoms with E-state index in [2.05, 4.69) is 10.2 Å². The van der Waals surface area contributed by atoms with Crippen LogP contribution in [0.2, 0.25) is 0 Å². The summed E-state index contributed by atoms with van der Waals surface area (Å²) in [6.07, 6.45) is 0. The molecule has 2 aromatic rings. The van der Waals surface area contributed by atoms with Crippen LogP contribution in [0, 0.1) is 0 Å². The molecular weight excluding hydrogens is 232 g/mol. The maximum Gasteiger partial charge on any atom is 0.0878 e. The van der Waals surface area contributed by atoms with Gasteiger partial charge in [-0.2, -0.15) is 10.2 Å². The van der Waals surface area contributed by atoms with Crippen LogP contribution in [0.25, 0.3) is 0 Å². The van der Waals surface area contributed by atoms with Gasteiger partial charge >= 0.3 is 0 Å². The van der Waals surface area contributed by atoms with Crippen molar-refractivity contribution in [3.8, 4) is 0 Å². The average molecular weight is 244 g/mol. The number of hydrogen-bond donors (Lipinski definition) is 4. The van der Waals surface area contributed by atoms with Gasteiger partial charge in [-0.05, 0) is 36.4 Å². The number of hydrogen-bond acceptors (Lipinski definition) is 6. The highest BCUT2D eigenvalue weighted by Gasteiger charge is 1.95. The molecule has 2 aromatic carbocycles. The molecule has 0 aromatic heterocycles. The van der Waals surface area contributed by atoms with Crippen LogP contribution < -0.4 is 11.0 Å². The van der Waals surface area contributed by atoms with Gasteiger partial charge in [0.05, 0.1) is 22.7 Å². The second-order valence-corrected chi connectivity index (χ2v) is 3.52. The molecule has 92 valence electrons. The van der Waals surface area contributed by atoms with Crippen LogP contribution >= 0.6 is 0 Å². The molecule has 6 nitrogen and oxygen atoms in total. The lowest BCUT2D eigenvalue weighted by molar-refractivity contribution is 0.388. The first-order valence-electron chi connectivity index (χ1n) is 5.24. The minimum absolute atomic E-state index is 0.539. The molecule has 0 spiro atoms. The Morgan fingerprint density at radius 3 is 1.56 bits per heavy atom. The van der Waals surface area contributed by atoms with Crippen LogP contribution in [0.3, 0.4) is 0 Å². The summed E-state index contributed by atoms with van der Waals surface area (Å²) in [7, 11) is 0. The third kappa shape index (κ3) is 3.03. The predicted octanol–water partition coefficient (Wildman–Crippen LogP) is 3.70. The van der Waals surface area contributed by atoms with E-state index in [0.717, 1.165) is 0 Å². The van der Waals surface area contributed by atoms with E-state index in [1.165, 1.54) is 0 Å². The Morgan fingerprint density at radius 2 is 1.17 bits per heavy atom. The molecule has 6 heteroatoms. The van der Waals surface area contributed by atoms with E-state index in [0.29, 0.717) is 22.7 Å². The van der Waals surface area contributed by atoms with Crippen molar-refractivity contribution >= 4 is 22.7 Å². The van der Waals surface area contributed by atoms with Gasteiger partial charge in [0, 0.05) is 0 Å². The average Bonchev–Trinajstić information content (AvgIpc) is 2.45. The number of anilines is 2. The lowest BCUT2D eigenvalue weighted by atomic mass is 10.3. The van der Waals surface area contributed by atoms with Crippen LogP contribution in [0.4, 0.5) is 22.7 Å². The Morgan fingerprint density at radius 1 is 0.722 bits per heavy atom. The second-order valence-electron chi connectivity index (χ2n) is 3.52. The lowest BCUT2D eigenvalue weighted by Crippen LogP contribution is -1.87. The summed E-state index contributed by atoms with van der Waals surface area (Å²) in [5.74, 6) is 0. The van der Waals surface area contributed by atoms with Gasteiger partial charge in [0.15, 0.2) is 0 Å². The SMILES string of the molecule is ONc1cccc(/N=N/c2cccc(NO)c2)c1. The monoisotopic (exact) mass is 244 g/mol. The third-order valence-electron chi connectivity index (χ3n) is 2.23. The van der Waals surface area contributed by atoms with Gasteiger partial charge in [-0.1, -0.05) is 12.1 Å². The molecule has 18 heavy (non-hydrogen) atoms. The summed E-state index contributed by atoms with van der Waals surface area (Å²) in [4.78, 5) is 0. The van der Waals surface area contributed by atoms with E-state index in [1.807, 2.05) is 11.0 Å². The normalized spacial score (nSPS) is 10.6. The maximum absolute atomic E-state index is 8.76. The van der Waals surface area contributed by atoms with Crippen LogP contribution in [-0.2, 0) is 0 Å². The summed E-state index contributed by atoms with van der Waals surface area (Å²) in [5, 5.41) is 25.6. The molecule has 0 atom stereocenters. The van der Waals surface area contributed by atoms with Crippen LogP contribution in [0.15, 0.2) is 58.8 Å². The van der Waals surface area contributed by atoms with Gasteiger partial charge in [-0.25, -0.2) is 0 Å². The molecule has 0 saturated heterocycles. The lowest BCUT2D eigenvalue weighted by Gasteiger charge is -2.00. The van der Waals surface area contributed by atoms with E-state index >= 15 is 0 Å². The van der Waals surface area contributed by atoms with E-state index in [1.54, 1.807) is 48.5 Å². The van der Waals surface area contributed by atoms with Gasteiger partial charge in [0.1, 0.15) is 0 Å². The van der Waals surface area contributed by atoms with Gasteiger partial charge in [-0.15, -0.1) is 0 Å². The van der Waals surface area contributed by atoms with Crippen molar-refractivity contribution in [1.82, 2.24) is 0 Å². The van der Waals surface area contributed by atoms with Gasteiger partial charge in [0.2, 0.25) is 0 Å². The zero-order valence-corrected chi connectivity index (χ0v) is 9.41. The number of nitrogens with zero attached hydrogens (tertiary/aromatic N) is 2. The first-order valence-corrected chi connectivity index (χ1v) is 5.24. The number of benzene rings is 2. The predicted molar refractivity (Wildman–Crippen MR) is 67.9 cm³/mol. The van der Waals surface area contributed by atoms with Crippen molar-refractivity contribution in [3.05, 3.63) is 48.5 Å². The summed E-state index contributed by atoms with van der Waals surface area (Å²) >= 11 is 0. The molecule has 0 saturated carbocycles. The minimum Gasteiger partial charge on any atom is -0.291 e. The molecule has 2 rings (SSSR count). The zero-order valence-electron chi connectivity index (χ0n) is 9.41. The molecule has 0 aliphatic heterocycles. The number of nitrogens with one attached hydrogen (secondary N) is 2. The third-order valence-corrected chi connectivity index (χ3v) is 2.23. The van der Waals surface area contributed by atoms with Crippen molar-refractivity contribution in [2.24, 2.45) is 10.2 Å². The maximum atomic E-state index is 8.76. The molecule has 0 bridgehead atoms. The fraction of sp³-hybridized carbons (Fsp3) is 0. The molecule has 4 N–H and O–H groups in total. The van der Waals surface area contributed by atoms with Crippen molar-refractivity contribution in [1.29, 1.82) is 0 Å². The summed E-state index contributed by atoms with van der Waals surface area (Å²) in [6.45, 7) is 0. The van der Waals surface area contributed by atoms with E-state index < -0.39 is 0 Å². The quantitative estimate of drug-likeness (QED) is 0.487. The molecular formula is C12H12N4O2. The molecule has 0 heterocycles. The molecule has 0 radical (unpaired) electrons. The fourth-order valence-corrected chi connectivity index (χ4v) is 1.39. The highest BCUT2D eigenvalue weighted by Crippen LogP contribution is 2.22. The first-order chi connectivity index (χ1) is 8.81. The van der Waals surface area contributed by atoms with Crippen molar-refractivity contribution in [2.75, 3.05) is 11.0 Å². The first kappa shape index (κ1) is 12.0. The summed E-state index contributed by atoms with van der Waals surface area (Å²) in [6, 6.07) is 13.7. The molecule has 0 amide bonds. The number of rotatable bonds is 4. The van der Waals surface area contributed by atoms with Crippen LogP contribution in [0.5, 0.6) is 0 Å². The Hall–Kier alpha value is -2.44. The Balaban J connectivity index is 2.18. The highest BCUT2D eigenvalue weighted by atomic mass is 16.5. The van der Waals surface area contributed by atoms with Gasteiger partial charge in [0.25, 0.3) is 0 Å².